The molecule has 0 radical (unpaired) electrons. The van der Waals surface area contributed by atoms with Crippen molar-refractivity contribution >= 4 is 5.78 Å². The van der Waals surface area contributed by atoms with E-state index in [0.29, 0.717) is 11.6 Å². The Morgan fingerprint density at radius 2 is 2.11 bits per heavy atom. The van der Waals surface area contributed by atoms with Crippen LogP contribution in [0.4, 0.5) is 0 Å². The van der Waals surface area contributed by atoms with E-state index in [1.54, 1.807) is 0 Å². The number of Topliss-reactive ketones (excluding diaryl/α,β-unsaturated/α-hetero) is 1. The largest absolute Gasteiger partial charge is 0.292 e. The molecule has 1 aromatic heterocycles. The minimum absolute atomic E-state index is 0.179. The van der Waals surface area contributed by atoms with Gasteiger partial charge in [0.1, 0.15) is 5.69 Å². The minimum atomic E-state index is -0.265. The van der Waals surface area contributed by atoms with Crippen LogP contribution >= 0.6 is 0 Å². The normalized spacial score (nSPS) is 14.8. The minimum Gasteiger partial charge on any atom is -0.292 e. The van der Waals surface area contributed by atoms with E-state index in [9.17, 15) is 4.79 Å². The maximum Gasteiger partial charge on any atom is 0.188 e. The third-order valence-corrected chi connectivity index (χ3v) is 3.62. The second-order valence-corrected chi connectivity index (χ2v) is 5.87. The van der Waals surface area contributed by atoms with Crippen molar-refractivity contribution in [2.24, 2.45) is 11.3 Å². The van der Waals surface area contributed by atoms with Crippen LogP contribution in [0.2, 0.25) is 0 Å². The third kappa shape index (κ3) is 3.44. The molecule has 0 amide bonds. The van der Waals surface area contributed by atoms with E-state index in [-0.39, 0.29) is 11.2 Å². The monoisotopic (exact) mass is 250 g/mol. The van der Waals surface area contributed by atoms with Crippen molar-refractivity contribution in [1.82, 2.24) is 10.2 Å². The average molecular weight is 250 g/mol. The van der Waals surface area contributed by atoms with Crippen molar-refractivity contribution in [3.05, 3.63) is 17.5 Å². The topological polar surface area (TPSA) is 45.8 Å². The van der Waals surface area contributed by atoms with Gasteiger partial charge in [-0.05, 0) is 31.2 Å². The number of hydrogen-bond donors (Lipinski definition) is 1. The van der Waals surface area contributed by atoms with Crippen LogP contribution in [0.3, 0.4) is 0 Å². The second-order valence-electron chi connectivity index (χ2n) is 5.87. The molecule has 0 aliphatic carbocycles. The van der Waals surface area contributed by atoms with Gasteiger partial charge in [-0.2, -0.15) is 5.10 Å². The zero-order valence-electron chi connectivity index (χ0n) is 12.3. The highest BCUT2D eigenvalue weighted by atomic mass is 16.1. The van der Waals surface area contributed by atoms with E-state index in [1.165, 1.54) is 0 Å². The zero-order valence-corrected chi connectivity index (χ0v) is 12.3. The number of nitrogens with zero attached hydrogens (tertiary/aromatic N) is 1. The summed E-state index contributed by atoms with van der Waals surface area (Å²) in [5.41, 5.74) is 1.39. The van der Waals surface area contributed by atoms with Gasteiger partial charge in [0.15, 0.2) is 5.78 Å². The predicted molar refractivity (Wildman–Crippen MR) is 74.8 cm³/mol. The molecular formula is C15H26N2O. The maximum absolute atomic E-state index is 12.5. The lowest BCUT2D eigenvalue weighted by Crippen LogP contribution is -2.27. The maximum atomic E-state index is 12.5. The summed E-state index contributed by atoms with van der Waals surface area (Å²) in [6, 6.07) is 1.92. The Morgan fingerprint density at radius 3 is 2.61 bits per heavy atom. The lowest BCUT2D eigenvalue weighted by molar-refractivity contribution is 0.0788. The molecule has 1 atom stereocenters. The number of carbonyl (C=O) groups is 1. The molecule has 1 heterocycles. The molecule has 0 bridgehead atoms. The Hall–Kier alpha value is -1.12. The highest BCUT2D eigenvalue weighted by Gasteiger charge is 2.32. The van der Waals surface area contributed by atoms with Crippen LogP contribution in [0.5, 0.6) is 0 Å². The number of aromatic amines is 1. The van der Waals surface area contributed by atoms with Gasteiger partial charge in [-0.15, -0.1) is 0 Å². The van der Waals surface area contributed by atoms with E-state index < -0.39 is 0 Å². The van der Waals surface area contributed by atoms with Crippen molar-refractivity contribution in [2.45, 2.75) is 60.3 Å². The summed E-state index contributed by atoms with van der Waals surface area (Å²) in [4.78, 5) is 12.5. The molecular weight excluding hydrogens is 224 g/mol. The highest BCUT2D eigenvalue weighted by molar-refractivity contribution is 5.98. The fourth-order valence-electron chi connectivity index (χ4n) is 2.33. The number of aromatic nitrogens is 2. The SMILES string of the molecule is CCCC(C)(CC)C(=O)c1cc(CC(C)C)[nH]n1. The summed E-state index contributed by atoms with van der Waals surface area (Å²) in [5.74, 6) is 0.750. The fraction of sp³-hybridized carbons (Fsp3) is 0.733. The zero-order chi connectivity index (χ0) is 13.8. The first-order valence-electron chi connectivity index (χ1n) is 7.02. The van der Waals surface area contributed by atoms with Crippen LogP contribution in [0.1, 0.15) is 70.1 Å². The first-order valence-corrected chi connectivity index (χ1v) is 7.02. The van der Waals surface area contributed by atoms with Gasteiger partial charge in [0.05, 0.1) is 0 Å². The summed E-state index contributed by atoms with van der Waals surface area (Å²) in [6.45, 7) is 10.6. The standard InChI is InChI=1S/C15H26N2O/c1-6-8-15(5,7-2)14(18)13-10-12(16-17-13)9-11(3)4/h10-11H,6-9H2,1-5H3,(H,16,17). The summed E-state index contributed by atoms with van der Waals surface area (Å²) >= 11 is 0. The van der Waals surface area contributed by atoms with Crippen molar-refractivity contribution in [3.8, 4) is 0 Å². The lowest BCUT2D eigenvalue weighted by atomic mass is 9.78. The smallest absolute Gasteiger partial charge is 0.188 e. The van der Waals surface area contributed by atoms with Crippen molar-refractivity contribution in [1.29, 1.82) is 0 Å². The van der Waals surface area contributed by atoms with Gasteiger partial charge in [-0.1, -0.05) is 41.0 Å². The van der Waals surface area contributed by atoms with Crippen LogP contribution < -0.4 is 0 Å². The Morgan fingerprint density at radius 1 is 1.44 bits per heavy atom. The van der Waals surface area contributed by atoms with Crippen LogP contribution in [0, 0.1) is 11.3 Å². The molecule has 0 spiro atoms. The van der Waals surface area contributed by atoms with E-state index in [2.05, 4.69) is 44.8 Å². The molecule has 0 aliphatic rings. The predicted octanol–water partition coefficient (Wildman–Crippen LogP) is 4.01. The molecule has 18 heavy (non-hydrogen) atoms. The number of nitrogens with one attached hydrogen (secondary N) is 1. The number of ketones is 1. The van der Waals surface area contributed by atoms with Gasteiger partial charge >= 0.3 is 0 Å². The first kappa shape index (κ1) is 14.9. The van der Waals surface area contributed by atoms with Gasteiger partial charge in [-0.3, -0.25) is 9.89 Å². The average Bonchev–Trinajstić information content (AvgIpc) is 2.75. The van der Waals surface area contributed by atoms with Crippen molar-refractivity contribution < 1.29 is 4.79 Å². The molecule has 102 valence electrons. The van der Waals surface area contributed by atoms with Crippen LogP contribution in [-0.4, -0.2) is 16.0 Å². The van der Waals surface area contributed by atoms with Crippen molar-refractivity contribution in [3.63, 3.8) is 0 Å². The molecule has 1 aromatic rings. The van der Waals surface area contributed by atoms with Gasteiger partial charge in [-0.25, -0.2) is 0 Å². The van der Waals surface area contributed by atoms with E-state index in [0.717, 1.165) is 31.4 Å². The number of carbonyl (C=O) groups excluding carboxylic acids is 1. The molecule has 3 nitrogen and oxygen atoms in total. The van der Waals surface area contributed by atoms with Gasteiger partial charge in [0.2, 0.25) is 0 Å². The number of rotatable bonds is 7. The third-order valence-electron chi connectivity index (χ3n) is 3.62. The molecule has 0 aromatic carbocycles. The lowest BCUT2D eigenvalue weighted by Gasteiger charge is -2.24. The molecule has 1 unspecified atom stereocenters. The second kappa shape index (κ2) is 6.17. The molecule has 1 rings (SSSR count). The van der Waals surface area contributed by atoms with E-state index in [1.807, 2.05) is 6.07 Å². The quantitative estimate of drug-likeness (QED) is 0.743. The summed E-state index contributed by atoms with van der Waals surface area (Å²) in [6.07, 6.45) is 3.76. The van der Waals surface area contributed by atoms with Crippen molar-refractivity contribution in [2.75, 3.05) is 0 Å². The number of H-pyrrole nitrogens is 1. The van der Waals surface area contributed by atoms with Crippen LogP contribution in [0.25, 0.3) is 0 Å². The Kier molecular flexibility index (Phi) is 5.12. The molecule has 0 saturated carbocycles. The Bertz CT molecular complexity index is 395. The van der Waals surface area contributed by atoms with Crippen LogP contribution in [-0.2, 0) is 6.42 Å². The first-order chi connectivity index (χ1) is 8.42. The Balaban J connectivity index is 2.86. The number of hydrogen-bond acceptors (Lipinski definition) is 2. The summed E-state index contributed by atoms with van der Waals surface area (Å²) in [5, 5.41) is 7.18. The molecule has 0 aliphatic heterocycles. The van der Waals surface area contributed by atoms with Gasteiger partial charge in [0.25, 0.3) is 0 Å². The molecule has 1 N–H and O–H groups in total. The van der Waals surface area contributed by atoms with E-state index in [4.69, 9.17) is 0 Å². The molecule has 0 fully saturated rings. The summed E-state index contributed by atoms with van der Waals surface area (Å²) in [7, 11) is 0. The van der Waals surface area contributed by atoms with E-state index >= 15 is 0 Å². The fourth-order valence-corrected chi connectivity index (χ4v) is 2.33. The molecule has 0 saturated heterocycles. The van der Waals surface area contributed by atoms with Crippen LogP contribution in [0.15, 0.2) is 6.07 Å². The van der Waals surface area contributed by atoms with Gasteiger partial charge < -0.3 is 0 Å². The summed E-state index contributed by atoms with van der Waals surface area (Å²) < 4.78 is 0. The van der Waals surface area contributed by atoms with Gasteiger partial charge in [0, 0.05) is 11.1 Å². The highest BCUT2D eigenvalue weighted by Crippen LogP contribution is 2.31. The Labute approximate surface area is 110 Å². The molecule has 3 heteroatoms.